The highest BCUT2D eigenvalue weighted by Gasteiger charge is 2.11. The van der Waals surface area contributed by atoms with E-state index in [9.17, 15) is 0 Å². The molecular formula is C10H26Br2N2. The third kappa shape index (κ3) is 9.44. The standard InChI is InChI=1S/C10H24N2.2BrH/c1-5-6-7-8-10(12-4)9(2)11-3;;/h9-12H,5-8H2,1-4H3;2*1H. The van der Waals surface area contributed by atoms with Gasteiger partial charge in [-0.3, -0.25) is 0 Å². The van der Waals surface area contributed by atoms with Crippen molar-refractivity contribution < 1.29 is 0 Å². The maximum atomic E-state index is 3.35. The van der Waals surface area contributed by atoms with Crippen LogP contribution >= 0.6 is 34.0 Å². The number of rotatable bonds is 7. The highest BCUT2D eigenvalue weighted by atomic mass is 79.9. The van der Waals surface area contributed by atoms with E-state index in [1.807, 2.05) is 14.1 Å². The molecule has 0 radical (unpaired) electrons. The first-order valence-corrected chi connectivity index (χ1v) is 5.10. The van der Waals surface area contributed by atoms with Crippen LogP contribution in [0.2, 0.25) is 0 Å². The van der Waals surface area contributed by atoms with Gasteiger partial charge in [-0.15, -0.1) is 34.0 Å². The van der Waals surface area contributed by atoms with Gasteiger partial charge < -0.3 is 10.6 Å². The molecule has 90 valence electrons. The van der Waals surface area contributed by atoms with E-state index >= 15 is 0 Å². The Morgan fingerprint density at radius 2 is 1.57 bits per heavy atom. The van der Waals surface area contributed by atoms with Crippen LogP contribution in [0.3, 0.4) is 0 Å². The molecule has 0 aromatic heterocycles. The maximum Gasteiger partial charge on any atom is 0.0215 e. The molecule has 0 saturated carbocycles. The summed E-state index contributed by atoms with van der Waals surface area (Å²) in [6, 6.07) is 1.20. The fourth-order valence-electron chi connectivity index (χ4n) is 1.46. The Bertz CT molecular complexity index is 102. The van der Waals surface area contributed by atoms with Crippen molar-refractivity contribution in [1.29, 1.82) is 0 Å². The summed E-state index contributed by atoms with van der Waals surface area (Å²) in [6.07, 6.45) is 5.29. The van der Waals surface area contributed by atoms with Crippen molar-refractivity contribution in [2.24, 2.45) is 0 Å². The fourth-order valence-corrected chi connectivity index (χ4v) is 1.46. The number of halogens is 2. The molecule has 0 aromatic carbocycles. The molecule has 0 bridgehead atoms. The largest absolute Gasteiger partial charge is 0.316 e. The molecule has 0 rings (SSSR count). The summed E-state index contributed by atoms with van der Waals surface area (Å²) in [5, 5.41) is 6.63. The van der Waals surface area contributed by atoms with Crippen LogP contribution in [-0.4, -0.2) is 26.2 Å². The van der Waals surface area contributed by atoms with E-state index in [0.29, 0.717) is 12.1 Å². The van der Waals surface area contributed by atoms with Crippen LogP contribution < -0.4 is 10.6 Å². The lowest BCUT2D eigenvalue weighted by atomic mass is 10.0. The van der Waals surface area contributed by atoms with Gasteiger partial charge >= 0.3 is 0 Å². The van der Waals surface area contributed by atoms with Crippen molar-refractivity contribution in [3.05, 3.63) is 0 Å². The average molecular weight is 334 g/mol. The average Bonchev–Trinajstić information content (AvgIpc) is 2.11. The topological polar surface area (TPSA) is 24.1 Å². The summed E-state index contributed by atoms with van der Waals surface area (Å²) in [6.45, 7) is 4.48. The Morgan fingerprint density at radius 1 is 1.00 bits per heavy atom. The fraction of sp³-hybridized carbons (Fsp3) is 1.00. The van der Waals surface area contributed by atoms with E-state index in [-0.39, 0.29) is 34.0 Å². The molecule has 0 aliphatic carbocycles. The van der Waals surface area contributed by atoms with Crippen LogP contribution in [0.1, 0.15) is 39.5 Å². The lowest BCUT2D eigenvalue weighted by Gasteiger charge is -2.22. The number of unbranched alkanes of at least 4 members (excludes halogenated alkanes) is 2. The summed E-state index contributed by atoms with van der Waals surface area (Å²) in [5.74, 6) is 0. The molecule has 14 heavy (non-hydrogen) atoms. The minimum absolute atomic E-state index is 0. The molecule has 0 saturated heterocycles. The number of hydrogen-bond acceptors (Lipinski definition) is 2. The first-order valence-electron chi connectivity index (χ1n) is 5.10. The Labute approximate surface area is 110 Å². The van der Waals surface area contributed by atoms with Crippen LogP contribution in [0.4, 0.5) is 0 Å². The van der Waals surface area contributed by atoms with Crippen molar-refractivity contribution in [3.63, 3.8) is 0 Å². The molecule has 2 N–H and O–H groups in total. The van der Waals surface area contributed by atoms with Gasteiger partial charge in [0.1, 0.15) is 0 Å². The highest BCUT2D eigenvalue weighted by Crippen LogP contribution is 2.05. The summed E-state index contributed by atoms with van der Waals surface area (Å²) >= 11 is 0. The Balaban J connectivity index is -0.000000605. The van der Waals surface area contributed by atoms with Crippen molar-refractivity contribution in [3.8, 4) is 0 Å². The monoisotopic (exact) mass is 332 g/mol. The summed E-state index contributed by atoms with van der Waals surface area (Å²) in [7, 11) is 4.07. The molecule has 0 aliphatic rings. The molecular weight excluding hydrogens is 308 g/mol. The van der Waals surface area contributed by atoms with Crippen molar-refractivity contribution in [2.45, 2.75) is 51.6 Å². The molecule has 4 heteroatoms. The zero-order valence-electron chi connectivity index (χ0n) is 9.80. The normalized spacial score (nSPS) is 13.7. The number of nitrogens with one attached hydrogen (secondary N) is 2. The van der Waals surface area contributed by atoms with Crippen molar-refractivity contribution in [1.82, 2.24) is 10.6 Å². The van der Waals surface area contributed by atoms with Gasteiger partial charge in [-0.05, 0) is 27.4 Å². The van der Waals surface area contributed by atoms with Crippen molar-refractivity contribution >= 4 is 34.0 Å². The second kappa shape index (κ2) is 13.9. The first-order chi connectivity index (χ1) is 5.76. The van der Waals surface area contributed by atoms with Gasteiger partial charge in [-0.25, -0.2) is 0 Å². The van der Waals surface area contributed by atoms with E-state index in [1.165, 1.54) is 25.7 Å². The predicted molar refractivity (Wildman–Crippen MR) is 76.2 cm³/mol. The molecule has 2 nitrogen and oxygen atoms in total. The molecule has 0 spiro atoms. The zero-order chi connectivity index (χ0) is 9.40. The third-order valence-corrected chi connectivity index (χ3v) is 2.55. The zero-order valence-corrected chi connectivity index (χ0v) is 13.2. The van der Waals surface area contributed by atoms with Gasteiger partial charge in [-0.1, -0.05) is 26.2 Å². The quantitative estimate of drug-likeness (QED) is 0.700. The van der Waals surface area contributed by atoms with Crippen LogP contribution in [0.25, 0.3) is 0 Å². The lowest BCUT2D eigenvalue weighted by molar-refractivity contribution is 0.396. The van der Waals surface area contributed by atoms with E-state index in [0.717, 1.165) is 0 Å². The van der Waals surface area contributed by atoms with Gasteiger partial charge in [0, 0.05) is 12.1 Å². The van der Waals surface area contributed by atoms with Crippen molar-refractivity contribution in [2.75, 3.05) is 14.1 Å². The minimum atomic E-state index is 0. The van der Waals surface area contributed by atoms with Gasteiger partial charge in [-0.2, -0.15) is 0 Å². The molecule has 0 heterocycles. The van der Waals surface area contributed by atoms with Gasteiger partial charge in [0.15, 0.2) is 0 Å². The van der Waals surface area contributed by atoms with E-state index in [1.54, 1.807) is 0 Å². The third-order valence-electron chi connectivity index (χ3n) is 2.55. The van der Waals surface area contributed by atoms with Crippen LogP contribution in [0.15, 0.2) is 0 Å². The van der Waals surface area contributed by atoms with Gasteiger partial charge in [0.2, 0.25) is 0 Å². The molecule has 2 atom stereocenters. The van der Waals surface area contributed by atoms with Gasteiger partial charge in [0.05, 0.1) is 0 Å². The molecule has 0 fully saturated rings. The Kier molecular flexibility index (Phi) is 20.1. The predicted octanol–water partition coefficient (Wildman–Crippen LogP) is 2.92. The SMILES string of the molecule is Br.Br.CCCCCC(NC)C(C)NC. The summed E-state index contributed by atoms with van der Waals surface area (Å²) in [4.78, 5) is 0. The second-order valence-electron chi connectivity index (χ2n) is 3.47. The maximum absolute atomic E-state index is 3.35. The molecule has 0 amide bonds. The Morgan fingerprint density at radius 3 is 1.93 bits per heavy atom. The first kappa shape index (κ1) is 20.3. The minimum Gasteiger partial charge on any atom is -0.316 e. The van der Waals surface area contributed by atoms with E-state index in [4.69, 9.17) is 0 Å². The lowest BCUT2D eigenvalue weighted by Crippen LogP contribution is -2.43. The van der Waals surface area contributed by atoms with Crippen LogP contribution in [0, 0.1) is 0 Å². The highest BCUT2D eigenvalue weighted by molar-refractivity contribution is 8.93. The van der Waals surface area contributed by atoms with Crippen LogP contribution in [0.5, 0.6) is 0 Å². The molecule has 0 aliphatic heterocycles. The van der Waals surface area contributed by atoms with E-state index < -0.39 is 0 Å². The Hall–Kier alpha value is 0.880. The summed E-state index contributed by atoms with van der Waals surface area (Å²) in [5.41, 5.74) is 0. The van der Waals surface area contributed by atoms with E-state index in [2.05, 4.69) is 24.5 Å². The summed E-state index contributed by atoms with van der Waals surface area (Å²) < 4.78 is 0. The molecule has 2 unspecified atom stereocenters. The second-order valence-corrected chi connectivity index (χ2v) is 3.47. The van der Waals surface area contributed by atoms with Gasteiger partial charge in [0.25, 0.3) is 0 Å². The molecule has 0 aromatic rings. The number of hydrogen-bond donors (Lipinski definition) is 2. The van der Waals surface area contributed by atoms with Crippen LogP contribution in [-0.2, 0) is 0 Å². The number of likely N-dealkylation sites (N-methyl/N-ethyl adjacent to an activating group) is 2. The smallest absolute Gasteiger partial charge is 0.0215 e.